The number of sulfonamides is 1. The number of hydrogen-bond acceptors (Lipinski definition) is 3. The fourth-order valence-electron chi connectivity index (χ4n) is 2.20. The van der Waals surface area contributed by atoms with Gasteiger partial charge in [-0.2, -0.15) is 4.31 Å². The summed E-state index contributed by atoms with van der Waals surface area (Å²) in [6.45, 7) is 4.46. The van der Waals surface area contributed by atoms with Crippen molar-refractivity contribution in [2.24, 2.45) is 0 Å². The van der Waals surface area contributed by atoms with Crippen molar-refractivity contribution >= 4 is 27.3 Å². The van der Waals surface area contributed by atoms with Crippen LogP contribution in [-0.2, 0) is 10.0 Å². The van der Waals surface area contributed by atoms with Crippen molar-refractivity contribution in [1.29, 1.82) is 0 Å². The SMILES string of the molecule is Cc1c(Cl)cccc1N1CCN(S(C)(=O)=O)CC1. The molecule has 1 aromatic carbocycles. The number of hydrogen-bond donors (Lipinski definition) is 0. The molecule has 1 fully saturated rings. The van der Waals surface area contributed by atoms with Crippen molar-refractivity contribution in [3.63, 3.8) is 0 Å². The van der Waals surface area contributed by atoms with Gasteiger partial charge < -0.3 is 4.90 Å². The van der Waals surface area contributed by atoms with E-state index in [1.54, 1.807) is 0 Å². The molecule has 1 aliphatic rings. The third-order valence-corrected chi connectivity index (χ3v) is 5.00. The molecule has 4 nitrogen and oxygen atoms in total. The lowest BCUT2D eigenvalue weighted by atomic mass is 10.1. The smallest absolute Gasteiger partial charge is 0.211 e. The predicted octanol–water partition coefficient (Wildman–Crippen LogP) is 1.73. The Bertz CT molecular complexity index is 537. The normalized spacial score (nSPS) is 18.1. The maximum absolute atomic E-state index is 11.4. The van der Waals surface area contributed by atoms with Crippen LogP contribution in [0.1, 0.15) is 5.56 Å². The maximum Gasteiger partial charge on any atom is 0.211 e. The second-order valence-corrected chi connectivity index (χ2v) is 6.92. The number of nitrogens with zero attached hydrogens (tertiary/aromatic N) is 2. The molecule has 1 aromatic rings. The first-order valence-corrected chi connectivity index (χ1v) is 8.07. The van der Waals surface area contributed by atoms with Crippen molar-refractivity contribution in [1.82, 2.24) is 4.31 Å². The molecule has 18 heavy (non-hydrogen) atoms. The van der Waals surface area contributed by atoms with Gasteiger partial charge in [-0.3, -0.25) is 0 Å². The summed E-state index contributed by atoms with van der Waals surface area (Å²) >= 11 is 6.10. The summed E-state index contributed by atoms with van der Waals surface area (Å²) in [7, 11) is -3.07. The number of piperazine rings is 1. The molecule has 2 rings (SSSR count). The van der Waals surface area contributed by atoms with Gasteiger partial charge >= 0.3 is 0 Å². The number of halogens is 1. The highest BCUT2D eigenvalue weighted by Gasteiger charge is 2.24. The Balaban J connectivity index is 2.13. The van der Waals surface area contributed by atoms with Crippen molar-refractivity contribution in [2.75, 3.05) is 37.3 Å². The quantitative estimate of drug-likeness (QED) is 0.832. The van der Waals surface area contributed by atoms with E-state index in [4.69, 9.17) is 11.6 Å². The van der Waals surface area contributed by atoms with Crippen LogP contribution in [0, 0.1) is 6.92 Å². The Hall–Kier alpha value is -0.780. The number of anilines is 1. The first-order valence-electron chi connectivity index (χ1n) is 5.85. The van der Waals surface area contributed by atoms with Crippen molar-refractivity contribution in [2.45, 2.75) is 6.92 Å². The summed E-state index contributed by atoms with van der Waals surface area (Å²) in [4.78, 5) is 2.18. The highest BCUT2D eigenvalue weighted by molar-refractivity contribution is 7.88. The zero-order valence-electron chi connectivity index (χ0n) is 10.6. The van der Waals surface area contributed by atoms with E-state index in [1.165, 1.54) is 10.6 Å². The van der Waals surface area contributed by atoms with Gasteiger partial charge in [0.2, 0.25) is 10.0 Å². The molecule has 0 atom stereocenters. The minimum Gasteiger partial charge on any atom is -0.369 e. The third kappa shape index (κ3) is 2.79. The van der Waals surface area contributed by atoms with Crippen molar-refractivity contribution < 1.29 is 8.42 Å². The van der Waals surface area contributed by atoms with Gasteiger partial charge in [0.1, 0.15) is 0 Å². The molecular formula is C12H17ClN2O2S. The summed E-state index contributed by atoms with van der Waals surface area (Å²) in [5, 5.41) is 0.748. The largest absolute Gasteiger partial charge is 0.369 e. The molecule has 0 saturated carbocycles. The summed E-state index contributed by atoms with van der Waals surface area (Å²) < 4.78 is 24.4. The van der Waals surface area contributed by atoms with Crippen LogP contribution in [0.25, 0.3) is 0 Å². The fourth-order valence-corrected chi connectivity index (χ4v) is 3.20. The summed E-state index contributed by atoms with van der Waals surface area (Å²) in [6.07, 6.45) is 1.26. The van der Waals surface area contributed by atoms with E-state index in [1.807, 2.05) is 25.1 Å². The van der Waals surface area contributed by atoms with E-state index in [-0.39, 0.29) is 0 Å². The molecule has 0 aromatic heterocycles. The molecule has 0 bridgehead atoms. The van der Waals surface area contributed by atoms with Gasteiger partial charge in [0.05, 0.1) is 6.26 Å². The standard InChI is InChI=1S/C12H17ClN2O2S/c1-10-11(13)4-3-5-12(10)14-6-8-15(9-7-14)18(2,16)17/h3-5H,6-9H2,1-2H3. The van der Waals surface area contributed by atoms with E-state index in [0.29, 0.717) is 26.2 Å². The van der Waals surface area contributed by atoms with Gasteiger partial charge in [-0.15, -0.1) is 0 Å². The average molecular weight is 289 g/mol. The summed E-state index contributed by atoms with van der Waals surface area (Å²) in [5.74, 6) is 0. The molecule has 1 heterocycles. The highest BCUT2D eigenvalue weighted by Crippen LogP contribution is 2.27. The second-order valence-electron chi connectivity index (χ2n) is 4.53. The highest BCUT2D eigenvalue weighted by atomic mass is 35.5. The van der Waals surface area contributed by atoms with Crippen LogP contribution >= 0.6 is 11.6 Å². The van der Waals surface area contributed by atoms with E-state index in [9.17, 15) is 8.42 Å². The van der Waals surface area contributed by atoms with Crippen LogP contribution in [0.5, 0.6) is 0 Å². The van der Waals surface area contributed by atoms with Crippen molar-refractivity contribution in [3.8, 4) is 0 Å². The molecule has 6 heteroatoms. The Morgan fingerprint density at radius 2 is 1.78 bits per heavy atom. The van der Waals surface area contributed by atoms with Crippen LogP contribution < -0.4 is 4.90 Å². The van der Waals surface area contributed by atoms with E-state index in [2.05, 4.69) is 4.90 Å². The lowest BCUT2D eigenvalue weighted by Gasteiger charge is -2.35. The van der Waals surface area contributed by atoms with Crippen LogP contribution in [0.4, 0.5) is 5.69 Å². The molecule has 0 spiro atoms. The van der Waals surface area contributed by atoms with Crippen LogP contribution in [-0.4, -0.2) is 45.2 Å². The van der Waals surface area contributed by atoms with Crippen molar-refractivity contribution in [3.05, 3.63) is 28.8 Å². The Morgan fingerprint density at radius 1 is 1.17 bits per heavy atom. The molecule has 0 radical (unpaired) electrons. The summed E-state index contributed by atoms with van der Waals surface area (Å²) in [5.41, 5.74) is 2.14. The number of benzene rings is 1. The lowest BCUT2D eigenvalue weighted by Crippen LogP contribution is -2.48. The van der Waals surface area contributed by atoms with Gasteiger partial charge in [-0.1, -0.05) is 17.7 Å². The van der Waals surface area contributed by atoms with Gasteiger partial charge in [-0.25, -0.2) is 8.42 Å². The van der Waals surface area contributed by atoms with E-state index >= 15 is 0 Å². The minimum atomic E-state index is -3.07. The van der Waals surface area contributed by atoms with Crippen LogP contribution in [0.15, 0.2) is 18.2 Å². The molecule has 0 unspecified atom stereocenters. The molecule has 1 saturated heterocycles. The summed E-state index contributed by atoms with van der Waals surface area (Å²) in [6, 6.07) is 5.82. The molecule has 0 aliphatic carbocycles. The zero-order chi connectivity index (χ0) is 13.3. The minimum absolute atomic E-state index is 0.533. The molecule has 1 aliphatic heterocycles. The molecular weight excluding hydrogens is 272 g/mol. The first kappa shape index (κ1) is 13.6. The van der Waals surface area contributed by atoms with Crippen LogP contribution in [0.3, 0.4) is 0 Å². The second kappa shape index (κ2) is 5.07. The molecule has 0 N–H and O–H groups in total. The topological polar surface area (TPSA) is 40.6 Å². The Labute approximate surface area is 113 Å². The fraction of sp³-hybridized carbons (Fsp3) is 0.500. The number of rotatable bonds is 2. The van der Waals surface area contributed by atoms with E-state index in [0.717, 1.165) is 16.3 Å². The Kier molecular flexibility index (Phi) is 3.84. The average Bonchev–Trinajstić information content (AvgIpc) is 2.32. The zero-order valence-corrected chi connectivity index (χ0v) is 12.1. The monoisotopic (exact) mass is 288 g/mol. The Morgan fingerprint density at radius 3 is 2.33 bits per heavy atom. The lowest BCUT2D eigenvalue weighted by molar-refractivity contribution is 0.388. The maximum atomic E-state index is 11.4. The first-order chi connectivity index (χ1) is 8.39. The van der Waals surface area contributed by atoms with Gasteiger partial charge in [-0.05, 0) is 24.6 Å². The van der Waals surface area contributed by atoms with E-state index < -0.39 is 10.0 Å². The van der Waals surface area contributed by atoms with Crippen LogP contribution in [0.2, 0.25) is 5.02 Å². The molecule has 100 valence electrons. The predicted molar refractivity (Wildman–Crippen MR) is 74.8 cm³/mol. The third-order valence-electron chi connectivity index (χ3n) is 3.29. The van der Waals surface area contributed by atoms with Gasteiger partial charge in [0.25, 0.3) is 0 Å². The molecule has 0 amide bonds. The van der Waals surface area contributed by atoms with Gasteiger partial charge in [0, 0.05) is 36.9 Å². The van der Waals surface area contributed by atoms with Gasteiger partial charge in [0.15, 0.2) is 0 Å².